The van der Waals surface area contributed by atoms with E-state index in [0.29, 0.717) is 25.9 Å². The second kappa shape index (κ2) is 11.7. The van der Waals surface area contributed by atoms with Gasteiger partial charge in [0.2, 0.25) is 0 Å². The molecule has 4 heteroatoms. The van der Waals surface area contributed by atoms with Gasteiger partial charge in [-0.25, -0.2) is 0 Å². The van der Waals surface area contributed by atoms with Gasteiger partial charge < -0.3 is 19.9 Å². The molecule has 1 rings (SSSR count). The summed E-state index contributed by atoms with van der Waals surface area (Å²) in [6.45, 7) is 7.27. The SMILES string of the molecule is CC(C)OCCCCNCC(O)COCc1ccccc1. The van der Waals surface area contributed by atoms with Crippen molar-refractivity contribution in [1.29, 1.82) is 0 Å². The van der Waals surface area contributed by atoms with E-state index < -0.39 is 6.10 Å². The van der Waals surface area contributed by atoms with Crippen LogP contribution in [0.1, 0.15) is 32.3 Å². The van der Waals surface area contributed by atoms with Crippen molar-refractivity contribution in [3.8, 4) is 0 Å². The van der Waals surface area contributed by atoms with Gasteiger partial charge in [-0.2, -0.15) is 0 Å². The van der Waals surface area contributed by atoms with E-state index in [-0.39, 0.29) is 0 Å². The zero-order chi connectivity index (χ0) is 15.3. The number of benzene rings is 1. The van der Waals surface area contributed by atoms with Crippen molar-refractivity contribution in [2.45, 2.75) is 45.5 Å². The van der Waals surface area contributed by atoms with Crippen LogP contribution in [0, 0.1) is 0 Å². The summed E-state index contributed by atoms with van der Waals surface area (Å²) in [7, 11) is 0. The number of aliphatic hydroxyl groups is 1. The molecule has 21 heavy (non-hydrogen) atoms. The van der Waals surface area contributed by atoms with Crippen LogP contribution in [0.4, 0.5) is 0 Å². The van der Waals surface area contributed by atoms with Crippen LogP contribution in [-0.2, 0) is 16.1 Å². The lowest BCUT2D eigenvalue weighted by Gasteiger charge is -2.12. The molecule has 0 spiro atoms. The largest absolute Gasteiger partial charge is 0.389 e. The first kappa shape index (κ1) is 18.1. The van der Waals surface area contributed by atoms with Crippen molar-refractivity contribution in [2.75, 3.05) is 26.3 Å². The minimum atomic E-state index is -0.458. The Hall–Kier alpha value is -0.940. The maximum atomic E-state index is 9.79. The molecule has 120 valence electrons. The van der Waals surface area contributed by atoms with Gasteiger partial charge >= 0.3 is 0 Å². The van der Waals surface area contributed by atoms with Gasteiger partial charge in [-0.15, -0.1) is 0 Å². The highest BCUT2D eigenvalue weighted by Crippen LogP contribution is 2.00. The molecule has 0 saturated carbocycles. The highest BCUT2D eigenvalue weighted by Gasteiger charge is 2.03. The van der Waals surface area contributed by atoms with Crippen molar-refractivity contribution >= 4 is 0 Å². The smallest absolute Gasteiger partial charge is 0.0897 e. The van der Waals surface area contributed by atoms with E-state index in [1.54, 1.807) is 0 Å². The number of nitrogens with one attached hydrogen (secondary N) is 1. The van der Waals surface area contributed by atoms with Crippen LogP contribution < -0.4 is 5.32 Å². The van der Waals surface area contributed by atoms with E-state index in [1.165, 1.54) is 0 Å². The standard InChI is InChI=1S/C17H29NO3/c1-15(2)21-11-7-6-10-18-12-17(19)14-20-13-16-8-4-3-5-9-16/h3-5,8-9,15,17-19H,6-7,10-14H2,1-2H3. The van der Waals surface area contributed by atoms with Crippen LogP contribution in [0.2, 0.25) is 0 Å². The quantitative estimate of drug-likeness (QED) is 0.581. The van der Waals surface area contributed by atoms with Crippen LogP contribution in [0.25, 0.3) is 0 Å². The molecule has 0 fully saturated rings. The Labute approximate surface area is 128 Å². The highest BCUT2D eigenvalue weighted by atomic mass is 16.5. The molecule has 1 unspecified atom stereocenters. The molecular formula is C17H29NO3. The average molecular weight is 295 g/mol. The third-order valence-electron chi connectivity index (χ3n) is 3.00. The number of ether oxygens (including phenoxy) is 2. The first-order valence-electron chi connectivity index (χ1n) is 7.80. The second-order valence-electron chi connectivity index (χ2n) is 5.49. The third kappa shape index (κ3) is 10.4. The molecule has 0 aliphatic rings. The first-order valence-corrected chi connectivity index (χ1v) is 7.80. The topological polar surface area (TPSA) is 50.7 Å². The normalized spacial score (nSPS) is 12.8. The van der Waals surface area contributed by atoms with E-state index in [9.17, 15) is 5.11 Å². The molecule has 0 bridgehead atoms. The average Bonchev–Trinajstić information content (AvgIpc) is 2.47. The fraction of sp³-hybridized carbons (Fsp3) is 0.647. The van der Waals surface area contributed by atoms with Gasteiger partial charge in [-0.3, -0.25) is 0 Å². The monoisotopic (exact) mass is 295 g/mol. The molecule has 0 amide bonds. The third-order valence-corrected chi connectivity index (χ3v) is 3.00. The summed E-state index contributed by atoms with van der Waals surface area (Å²) in [4.78, 5) is 0. The lowest BCUT2D eigenvalue weighted by molar-refractivity contribution is 0.0287. The lowest BCUT2D eigenvalue weighted by Crippen LogP contribution is -2.31. The first-order chi connectivity index (χ1) is 10.2. The van der Waals surface area contributed by atoms with E-state index in [2.05, 4.69) is 5.32 Å². The molecule has 1 atom stereocenters. The molecule has 0 heterocycles. The lowest BCUT2D eigenvalue weighted by atomic mass is 10.2. The fourth-order valence-electron chi connectivity index (χ4n) is 1.89. The Bertz CT molecular complexity index is 343. The van der Waals surface area contributed by atoms with Crippen molar-refractivity contribution in [1.82, 2.24) is 5.32 Å². The van der Waals surface area contributed by atoms with E-state index in [1.807, 2.05) is 44.2 Å². The van der Waals surface area contributed by atoms with Crippen LogP contribution >= 0.6 is 0 Å². The summed E-state index contributed by atoms with van der Waals surface area (Å²) in [5.41, 5.74) is 1.13. The zero-order valence-corrected chi connectivity index (χ0v) is 13.3. The number of rotatable bonds is 12. The summed E-state index contributed by atoms with van der Waals surface area (Å²) < 4.78 is 11.0. The Balaban J connectivity index is 1.91. The van der Waals surface area contributed by atoms with Gasteiger partial charge in [0.05, 0.1) is 25.4 Å². The number of aliphatic hydroxyl groups excluding tert-OH is 1. The molecule has 0 aliphatic carbocycles. The summed E-state index contributed by atoms with van der Waals surface area (Å²) in [6, 6.07) is 9.99. The predicted octanol–water partition coefficient (Wildman–Crippen LogP) is 2.36. The number of unbranched alkanes of at least 4 members (excludes halogenated alkanes) is 1. The fourth-order valence-corrected chi connectivity index (χ4v) is 1.89. The highest BCUT2D eigenvalue weighted by molar-refractivity contribution is 5.13. The molecule has 4 nitrogen and oxygen atoms in total. The van der Waals surface area contributed by atoms with Crippen molar-refractivity contribution in [3.63, 3.8) is 0 Å². The van der Waals surface area contributed by atoms with Crippen molar-refractivity contribution < 1.29 is 14.6 Å². The summed E-state index contributed by atoms with van der Waals surface area (Å²) in [5.74, 6) is 0. The summed E-state index contributed by atoms with van der Waals surface area (Å²) in [5, 5.41) is 13.0. The van der Waals surface area contributed by atoms with Crippen LogP contribution in [0.15, 0.2) is 30.3 Å². The van der Waals surface area contributed by atoms with Crippen molar-refractivity contribution in [2.24, 2.45) is 0 Å². The number of hydrogen-bond donors (Lipinski definition) is 2. The number of hydrogen-bond acceptors (Lipinski definition) is 4. The van der Waals surface area contributed by atoms with E-state index in [4.69, 9.17) is 9.47 Å². The van der Waals surface area contributed by atoms with Crippen LogP contribution in [-0.4, -0.2) is 43.6 Å². The van der Waals surface area contributed by atoms with Gasteiger partial charge in [0.1, 0.15) is 0 Å². The van der Waals surface area contributed by atoms with Crippen LogP contribution in [0.5, 0.6) is 0 Å². The van der Waals surface area contributed by atoms with Gasteiger partial charge in [0.25, 0.3) is 0 Å². The maximum absolute atomic E-state index is 9.79. The minimum absolute atomic E-state index is 0.307. The van der Waals surface area contributed by atoms with Gasteiger partial charge in [0.15, 0.2) is 0 Å². The minimum Gasteiger partial charge on any atom is -0.389 e. The molecule has 1 aromatic carbocycles. The van der Waals surface area contributed by atoms with Gasteiger partial charge in [0, 0.05) is 13.2 Å². The molecule has 0 radical (unpaired) electrons. The van der Waals surface area contributed by atoms with Crippen LogP contribution in [0.3, 0.4) is 0 Å². The molecule has 0 aromatic heterocycles. The van der Waals surface area contributed by atoms with E-state index >= 15 is 0 Å². The van der Waals surface area contributed by atoms with Gasteiger partial charge in [-0.05, 0) is 38.8 Å². The molecule has 2 N–H and O–H groups in total. The Morgan fingerprint density at radius 1 is 1.14 bits per heavy atom. The Morgan fingerprint density at radius 2 is 1.90 bits per heavy atom. The maximum Gasteiger partial charge on any atom is 0.0897 e. The Morgan fingerprint density at radius 3 is 2.62 bits per heavy atom. The van der Waals surface area contributed by atoms with E-state index in [0.717, 1.165) is 31.6 Å². The van der Waals surface area contributed by atoms with Gasteiger partial charge in [-0.1, -0.05) is 30.3 Å². The zero-order valence-electron chi connectivity index (χ0n) is 13.3. The molecule has 0 aliphatic heterocycles. The van der Waals surface area contributed by atoms with Crippen molar-refractivity contribution in [3.05, 3.63) is 35.9 Å². The summed E-state index contributed by atoms with van der Waals surface area (Å²) in [6.07, 6.45) is 1.96. The summed E-state index contributed by atoms with van der Waals surface area (Å²) >= 11 is 0. The molecular weight excluding hydrogens is 266 g/mol. The molecule has 1 aromatic rings. The molecule has 0 saturated heterocycles. The predicted molar refractivity (Wildman–Crippen MR) is 85.3 cm³/mol. The second-order valence-corrected chi connectivity index (χ2v) is 5.49. The Kier molecular flexibility index (Phi) is 10.1.